The highest BCUT2D eigenvalue weighted by Crippen LogP contribution is 2.31. The van der Waals surface area contributed by atoms with Gasteiger partial charge < -0.3 is 9.30 Å². The molecule has 27 heavy (non-hydrogen) atoms. The Bertz CT molecular complexity index is 991. The van der Waals surface area contributed by atoms with Gasteiger partial charge in [0.05, 0.1) is 5.56 Å². The molecular formula is C17H13F3N6O. The topological polar surface area (TPSA) is 88.7 Å². The third kappa shape index (κ3) is 4.18. The summed E-state index contributed by atoms with van der Waals surface area (Å²) in [7, 11) is 1.72. The first-order valence-corrected chi connectivity index (χ1v) is 7.72. The van der Waals surface area contributed by atoms with Crippen LogP contribution in [0.4, 0.5) is 18.9 Å². The van der Waals surface area contributed by atoms with E-state index in [0.717, 1.165) is 17.7 Å². The Kier molecular flexibility index (Phi) is 5.00. The van der Waals surface area contributed by atoms with Crippen LogP contribution in [0.2, 0.25) is 0 Å². The van der Waals surface area contributed by atoms with E-state index in [9.17, 15) is 13.2 Å². The molecule has 0 unspecified atom stereocenters. The van der Waals surface area contributed by atoms with Gasteiger partial charge in [0.15, 0.2) is 11.6 Å². The second-order valence-electron chi connectivity index (χ2n) is 5.55. The molecule has 0 radical (unpaired) electrons. The molecule has 138 valence electrons. The van der Waals surface area contributed by atoms with Crippen molar-refractivity contribution in [1.82, 2.24) is 14.8 Å². The predicted molar refractivity (Wildman–Crippen MR) is 91.0 cm³/mol. The Hall–Kier alpha value is -3.52. The maximum atomic E-state index is 12.8. The van der Waals surface area contributed by atoms with Gasteiger partial charge in [-0.1, -0.05) is 35.4 Å². The van der Waals surface area contributed by atoms with Gasteiger partial charge in [-0.2, -0.15) is 13.2 Å². The molecule has 0 N–H and O–H groups in total. The molecule has 0 bridgehead atoms. The van der Waals surface area contributed by atoms with Crippen molar-refractivity contribution in [3.8, 4) is 17.1 Å². The minimum absolute atomic E-state index is 0.0401. The third-order valence-corrected chi connectivity index (χ3v) is 3.78. The molecule has 0 spiro atoms. The molecule has 3 rings (SSSR count). The van der Waals surface area contributed by atoms with Gasteiger partial charge in [0.2, 0.25) is 0 Å². The van der Waals surface area contributed by atoms with Crippen LogP contribution in [0.15, 0.2) is 53.6 Å². The average molecular weight is 374 g/mol. The van der Waals surface area contributed by atoms with Crippen LogP contribution in [0.3, 0.4) is 0 Å². The Morgan fingerprint density at radius 2 is 1.89 bits per heavy atom. The van der Waals surface area contributed by atoms with E-state index in [1.165, 1.54) is 12.1 Å². The number of alkyl halides is 3. The van der Waals surface area contributed by atoms with Crippen LogP contribution in [0, 0.1) is 0 Å². The standard InChI is InChI=1S/C17H13F3N6O/c1-26-15(10-27-14-4-2-3-12(9-14)17(18,19)20)23-24-16(26)11-5-7-13(8-6-11)22-25-21/h2-9H,10H2,1H3. The van der Waals surface area contributed by atoms with Crippen molar-refractivity contribution in [2.45, 2.75) is 12.8 Å². The number of hydrogen-bond donors (Lipinski definition) is 0. The van der Waals surface area contributed by atoms with Gasteiger partial charge >= 0.3 is 6.18 Å². The summed E-state index contributed by atoms with van der Waals surface area (Å²) in [6, 6.07) is 11.4. The second kappa shape index (κ2) is 7.38. The fraction of sp³-hybridized carbons (Fsp3) is 0.176. The lowest BCUT2D eigenvalue weighted by molar-refractivity contribution is -0.137. The molecule has 0 amide bonds. The second-order valence-corrected chi connectivity index (χ2v) is 5.55. The summed E-state index contributed by atoms with van der Waals surface area (Å²) < 4.78 is 45.4. The van der Waals surface area contributed by atoms with Crippen LogP contribution in [-0.4, -0.2) is 14.8 Å². The molecule has 0 aliphatic rings. The van der Waals surface area contributed by atoms with E-state index < -0.39 is 11.7 Å². The average Bonchev–Trinajstić information content (AvgIpc) is 3.01. The van der Waals surface area contributed by atoms with Crippen molar-refractivity contribution in [1.29, 1.82) is 0 Å². The first kappa shape index (κ1) is 18.3. The fourth-order valence-electron chi connectivity index (χ4n) is 2.38. The number of nitrogens with zero attached hydrogens (tertiary/aromatic N) is 6. The highest BCUT2D eigenvalue weighted by molar-refractivity contribution is 5.58. The lowest BCUT2D eigenvalue weighted by Gasteiger charge is -2.10. The van der Waals surface area contributed by atoms with Crippen LogP contribution < -0.4 is 4.74 Å². The SMILES string of the molecule is Cn1c(COc2cccc(C(F)(F)F)c2)nnc1-c1ccc(N=[N+]=[N-])cc1. The van der Waals surface area contributed by atoms with Gasteiger partial charge in [0.1, 0.15) is 12.4 Å². The van der Waals surface area contributed by atoms with Gasteiger partial charge in [-0.3, -0.25) is 0 Å². The number of hydrogen-bond acceptors (Lipinski definition) is 4. The highest BCUT2D eigenvalue weighted by atomic mass is 19.4. The van der Waals surface area contributed by atoms with E-state index in [1.54, 1.807) is 35.9 Å². The maximum Gasteiger partial charge on any atom is 0.416 e. The summed E-state index contributed by atoms with van der Waals surface area (Å²) >= 11 is 0. The molecule has 2 aromatic carbocycles. The van der Waals surface area contributed by atoms with Gasteiger partial charge in [-0.25, -0.2) is 0 Å². The molecule has 1 heterocycles. The van der Waals surface area contributed by atoms with E-state index in [4.69, 9.17) is 10.3 Å². The minimum Gasteiger partial charge on any atom is -0.486 e. The monoisotopic (exact) mass is 374 g/mol. The first-order valence-electron chi connectivity index (χ1n) is 7.72. The number of rotatable bonds is 5. The molecule has 1 aromatic heterocycles. The van der Waals surface area contributed by atoms with E-state index in [2.05, 4.69) is 20.2 Å². The van der Waals surface area contributed by atoms with Crippen LogP contribution in [0.5, 0.6) is 5.75 Å². The zero-order valence-corrected chi connectivity index (χ0v) is 14.1. The van der Waals surface area contributed by atoms with Crippen molar-refractivity contribution in [3.05, 3.63) is 70.4 Å². The molecule has 7 nitrogen and oxygen atoms in total. The third-order valence-electron chi connectivity index (χ3n) is 3.78. The lowest BCUT2D eigenvalue weighted by Crippen LogP contribution is -2.07. The van der Waals surface area contributed by atoms with Crippen LogP contribution in [0.25, 0.3) is 21.8 Å². The summed E-state index contributed by atoms with van der Waals surface area (Å²) in [6.07, 6.45) is -4.43. The molecule has 0 aliphatic heterocycles. The smallest absolute Gasteiger partial charge is 0.416 e. The number of benzene rings is 2. The zero-order chi connectivity index (χ0) is 19.4. The Labute approximate surface area is 151 Å². The molecule has 0 fully saturated rings. The quantitative estimate of drug-likeness (QED) is 0.357. The summed E-state index contributed by atoms with van der Waals surface area (Å²) in [4.78, 5) is 2.71. The molecule has 0 saturated heterocycles. The van der Waals surface area contributed by atoms with E-state index in [1.807, 2.05) is 0 Å². The van der Waals surface area contributed by atoms with Gasteiger partial charge in [-0.05, 0) is 23.7 Å². The zero-order valence-electron chi connectivity index (χ0n) is 14.1. The summed E-state index contributed by atoms with van der Waals surface area (Å²) in [5, 5.41) is 11.6. The largest absolute Gasteiger partial charge is 0.486 e. The minimum atomic E-state index is -4.43. The number of halogens is 3. The molecule has 0 saturated carbocycles. The summed E-state index contributed by atoms with van der Waals surface area (Å²) in [6.45, 7) is -0.0401. The molecule has 0 aliphatic carbocycles. The molecular weight excluding hydrogens is 361 g/mol. The lowest BCUT2D eigenvalue weighted by atomic mass is 10.2. The van der Waals surface area contributed by atoms with Crippen molar-refractivity contribution in [2.24, 2.45) is 12.2 Å². The predicted octanol–water partition coefficient (Wildman–Crippen LogP) is 5.02. The molecule has 3 aromatic rings. The Morgan fingerprint density at radius 1 is 1.15 bits per heavy atom. The Balaban J connectivity index is 1.75. The van der Waals surface area contributed by atoms with Crippen molar-refractivity contribution in [2.75, 3.05) is 0 Å². The van der Waals surface area contributed by atoms with Crippen molar-refractivity contribution in [3.63, 3.8) is 0 Å². The van der Waals surface area contributed by atoms with E-state index >= 15 is 0 Å². The van der Waals surface area contributed by atoms with Crippen LogP contribution >= 0.6 is 0 Å². The molecule has 10 heteroatoms. The van der Waals surface area contributed by atoms with Crippen molar-refractivity contribution < 1.29 is 17.9 Å². The van der Waals surface area contributed by atoms with Crippen LogP contribution in [-0.2, 0) is 19.8 Å². The van der Waals surface area contributed by atoms with Gasteiger partial charge in [0.25, 0.3) is 0 Å². The number of azide groups is 1. The fourth-order valence-corrected chi connectivity index (χ4v) is 2.38. The van der Waals surface area contributed by atoms with E-state index in [-0.39, 0.29) is 12.4 Å². The number of ether oxygens (including phenoxy) is 1. The highest BCUT2D eigenvalue weighted by Gasteiger charge is 2.30. The van der Waals surface area contributed by atoms with E-state index in [0.29, 0.717) is 17.3 Å². The summed E-state index contributed by atoms with van der Waals surface area (Å²) in [5.41, 5.74) is 8.86. The maximum absolute atomic E-state index is 12.8. The number of aromatic nitrogens is 3. The Morgan fingerprint density at radius 3 is 2.56 bits per heavy atom. The van der Waals surface area contributed by atoms with Gasteiger partial charge in [-0.15, -0.1) is 10.2 Å². The van der Waals surface area contributed by atoms with Gasteiger partial charge in [0, 0.05) is 23.2 Å². The normalized spacial score (nSPS) is 11.1. The summed E-state index contributed by atoms with van der Waals surface area (Å²) in [5.74, 6) is 1.08. The van der Waals surface area contributed by atoms with Crippen molar-refractivity contribution >= 4 is 5.69 Å². The van der Waals surface area contributed by atoms with Crippen LogP contribution in [0.1, 0.15) is 11.4 Å². The molecule has 0 atom stereocenters. The first-order chi connectivity index (χ1) is 12.9.